The van der Waals surface area contributed by atoms with E-state index in [4.69, 9.17) is 0 Å². The minimum absolute atomic E-state index is 0.00254. The van der Waals surface area contributed by atoms with Crippen molar-refractivity contribution in [2.75, 3.05) is 13.1 Å². The number of carbonyl (C=O) groups is 2. The van der Waals surface area contributed by atoms with Crippen molar-refractivity contribution in [2.45, 2.75) is 46.1 Å². The van der Waals surface area contributed by atoms with Crippen molar-refractivity contribution in [1.82, 2.24) is 10.2 Å². The normalized spacial score (nSPS) is 23.9. The van der Waals surface area contributed by atoms with Gasteiger partial charge in [0.25, 0.3) is 0 Å². The maximum Gasteiger partial charge on any atom is 0.245 e. The summed E-state index contributed by atoms with van der Waals surface area (Å²) < 4.78 is 0. The smallest absolute Gasteiger partial charge is 0.245 e. The minimum Gasteiger partial charge on any atom is -0.344 e. The Morgan fingerprint density at radius 3 is 2.69 bits per heavy atom. The third-order valence-corrected chi connectivity index (χ3v) is 3.21. The van der Waals surface area contributed by atoms with Crippen LogP contribution in [0.25, 0.3) is 0 Å². The summed E-state index contributed by atoms with van der Waals surface area (Å²) in [6.45, 7) is 7.41. The number of amides is 2. The number of hydrogen-bond donors (Lipinski definition) is 1. The van der Waals surface area contributed by atoms with E-state index in [0.29, 0.717) is 13.0 Å². The summed E-state index contributed by atoms with van der Waals surface area (Å²) >= 11 is 0. The van der Waals surface area contributed by atoms with Gasteiger partial charge in [-0.25, -0.2) is 0 Å². The fraction of sp³-hybridized carbons (Fsp3) is 0.833. The Balaban J connectivity index is 2.79. The zero-order chi connectivity index (χ0) is 12.1. The van der Waals surface area contributed by atoms with E-state index in [2.05, 4.69) is 5.32 Å². The summed E-state index contributed by atoms with van der Waals surface area (Å²) in [7, 11) is 0. The molecule has 1 aliphatic rings. The molecule has 2 atom stereocenters. The summed E-state index contributed by atoms with van der Waals surface area (Å²) in [5.74, 6) is 0.285. The molecule has 4 nitrogen and oxygen atoms in total. The largest absolute Gasteiger partial charge is 0.344 e. The van der Waals surface area contributed by atoms with Gasteiger partial charge < -0.3 is 10.2 Å². The predicted molar refractivity (Wildman–Crippen MR) is 62.9 cm³/mol. The first kappa shape index (κ1) is 13.0. The van der Waals surface area contributed by atoms with Gasteiger partial charge in [0.05, 0.1) is 0 Å². The first-order valence-corrected chi connectivity index (χ1v) is 6.18. The maximum atomic E-state index is 12.2. The van der Waals surface area contributed by atoms with Crippen LogP contribution in [0.1, 0.15) is 40.0 Å². The van der Waals surface area contributed by atoms with E-state index in [-0.39, 0.29) is 23.8 Å². The minimum atomic E-state index is -0.327. The van der Waals surface area contributed by atoms with Crippen molar-refractivity contribution in [3.8, 4) is 0 Å². The highest BCUT2D eigenvalue weighted by Crippen LogP contribution is 2.14. The van der Waals surface area contributed by atoms with E-state index in [9.17, 15) is 9.59 Å². The van der Waals surface area contributed by atoms with Crippen molar-refractivity contribution in [3.05, 3.63) is 0 Å². The summed E-state index contributed by atoms with van der Waals surface area (Å²) in [6, 6.07) is -0.327. The zero-order valence-corrected chi connectivity index (χ0v) is 10.5. The number of nitrogens with one attached hydrogen (secondary N) is 1. The summed E-state index contributed by atoms with van der Waals surface area (Å²) in [5.41, 5.74) is 0. The molecular weight excluding hydrogens is 204 g/mol. The molecule has 1 N–H and O–H groups in total. The van der Waals surface area contributed by atoms with Crippen LogP contribution in [-0.2, 0) is 9.59 Å². The predicted octanol–water partition coefficient (Wildman–Crippen LogP) is 1.16. The molecule has 1 aliphatic heterocycles. The van der Waals surface area contributed by atoms with Gasteiger partial charge in [0.2, 0.25) is 11.8 Å². The first-order chi connectivity index (χ1) is 7.60. The molecule has 1 heterocycles. The van der Waals surface area contributed by atoms with Gasteiger partial charge >= 0.3 is 0 Å². The van der Waals surface area contributed by atoms with E-state index in [1.165, 1.54) is 0 Å². The average molecular weight is 226 g/mol. The SMILES string of the molecule is CCCN1CCC(=O)NC(C(C)CC)C1=O. The highest BCUT2D eigenvalue weighted by Gasteiger charge is 2.32. The Morgan fingerprint density at radius 1 is 1.44 bits per heavy atom. The van der Waals surface area contributed by atoms with Crippen LogP contribution in [0.3, 0.4) is 0 Å². The van der Waals surface area contributed by atoms with Gasteiger partial charge in [-0.1, -0.05) is 27.2 Å². The van der Waals surface area contributed by atoms with Gasteiger partial charge in [0, 0.05) is 19.5 Å². The molecular formula is C12H22N2O2. The molecule has 2 unspecified atom stereocenters. The van der Waals surface area contributed by atoms with E-state index in [1.807, 2.05) is 25.7 Å². The van der Waals surface area contributed by atoms with E-state index in [0.717, 1.165) is 19.4 Å². The molecule has 2 amide bonds. The van der Waals surface area contributed by atoms with E-state index >= 15 is 0 Å². The van der Waals surface area contributed by atoms with Crippen LogP contribution in [0.15, 0.2) is 0 Å². The second-order valence-corrected chi connectivity index (χ2v) is 4.51. The lowest BCUT2D eigenvalue weighted by molar-refractivity contribution is -0.134. The van der Waals surface area contributed by atoms with Gasteiger partial charge in [0.1, 0.15) is 6.04 Å². The van der Waals surface area contributed by atoms with Crippen molar-refractivity contribution in [3.63, 3.8) is 0 Å². The highest BCUT2D eigenvalue weighted by atomic mass is 16.2. The molecule has 4 heteroatoms. The Kier molecular flexibility index (Phi) is 4.77. The number of hydrogen-bond acceptors (Lipinski definition) is 2. The fourth-order valence-electron chi connectivity index (χ4n) is 1.96. The monoisotopic (exact) mass is 226 g/mol. The number of nitrogens with zero attached hydrogens (tertiary/aromatic N) is 1. The van der Waals surface area contributed by atoms with Crippen molar-refractivity contribution in [2.24, 2.45) is 5.92 Å². The molecule has 1 fully saturated rings. The maximum absolute atomic E-state index is 12.2. The van der Waals surface area contributed by atoms with Gasteiger partial charge in [0.15, 0.2) is 0 Å². The summed E-state index contributed by atoms with van der Waals surface area (Å²) in [5, 5.41) is 2.84. The zero-order valence-electron chi connectivity index (χ0n) is 10.5. The third-order valence-electron chi connectivity index (χ3n) is 3.21. The lowest BCUT2D eigenvalue weighted by atomic mass is 9.98. The lowest BCUT2D eigenvalue weighted by Crippen LogP contribution is -2.48. The topological polar surface area (TPSA) is 49.4 Å². The third kappa shape index (κ3) is 2.97. The van der Waals surface area contributed by atoms with Crippen LogP contribution in [0.4, 0.5) is 0 Å². The summed E-state index contributed by atoms with van der Waals surface area (Å²) in [4.78, 5) is 25.5. The van der Waals surface area contributed by atoms with Gasteiger partial charge in [-0.3, -0.25) is 9.59 Å². The highest BCUT2D eigenvalue weighted by molar-refractivity contribution is 5.90. The Labute approximate surface area is 97.4 Å². The van der Waals surface area contributed by atoms with Crippen molar-refractivity contribution in [1.29, 1.82) is 0 Å². The van der Waals surface area contributed by atoms with Gasteiger partial charge in [-0.05, 0) is 12.3 Å². The number of rotatable bonds is 4. The van der Waals surface area contributed by atoms with E-state index < -0.39 is 0 Å². The van der Waals surface area contributed by atoms with Crippen LogP contribution in [0.5, 0.6) is 0 Å². The fourth-order valence-corrected chi connectivity index (χ4v) is 1.96. The molecule has 16 heavy (non-hydrogen) atoms. The molecule has 0 aromatic rings. The Hall–Kier alpha value is -1.06. The molecule has 0 aromatic carbocycles. The standard InChI is InChI=1S/C12H22N2O2/c1-4-7-14-8-6-10(15)13-11(12(14)16)9(3)5-2/h9,11H,4-8H2,1-3H3,(H,13,15). The quantitative estimate of drug-likeness (QED) is 0.782. The molecule has 0 aromatic heterocycles. The van der Waals surface area contributed by atoms with Crippen LogP contribution >= 0.6 is 0 Å². The molecule has 92 valence electrons. The molecule has 0 bridgehead atoms. The van der Waals surface area contributed by atoms with Crippen molar-refractivity contribution < 1.29 is 9.59 Å². The first-order valence-electron chi connectivity index (χ1n) is 6.18. The molecule has 1 rings (SSSR count). The molecule has 0 aliphatic carbocycles. The average Bonchev–Trinajstić information content (AvgIpc) is 2.41. The van der Waals surface area contributed by atoms with Crippen LogP contribution in [0.2, 0.25) is 0 Å². The Morgan fingerprint density at radius 2 is 2.12 bits per heavy atom. The molecule has 0 radical (unpaired) electrons. The Bertz CT molecular complexity index is 266. The molecule has 1 saturated heterocycles. The van der Waals surface area contributed by atoms with Gasteiger partial charge in [-0.2, -0.15) is 0 Å². The van der Waals surface area contributed by atoms with Crippen LogP contribution in [0, 0.1) is 5.92 Å². The van der Waals surface area contributed by atoms with Crippen LogP contribution in [-0.4, -0.2) is 35.8 Å². The van der Waals surface area contributed by atoms with Crippen molar-refractivity contribution >= 4 is 11.8 Å². The van der Waals surface area contributed by atoms with E-state index in [1.54, 1.807) is 0 Å². The molecule has 0 spiro atoms. The summed E-state index contributed by atoms with van der Waals surface area (Å²) in [6.07, 6.45) is 2.27. The molecule has 0 saturated carbocycles. The lowest BCUT2D eigenvalue weighted by Gasteiger charge is -2.26. The second-order valence-electron chi connectivity index (χ2n) is 4.51. The number of carbonyl (C=O) groups excluding carboxylic acids is 2. The second kappa shape index (κ2) is 5.87. The van der Waals surface area contributed by atoms with Crippen LogP contribution < -0.4 is 5.32 Å². The van der Waals surface area contributed by atoms with Gasteiger partial charge in [-0.15, -0.1) is 0 Å².